The molecule has 0 atom stereocenters. The Morgan fingerprint density at radius 3 is 3.13 bits per heavy atom. The molecule has 15 heavy (non-hydrogen) atoms. The van der Waals surface area contributed by atoms with Crippen molar-refractivity contribution >= 4 is 0 Å². The highest BCUT2D eigenvalue weighted by atomic mass is 16.7. The third-order valence-corrected chi connectivity index (χ3v) is 2.42. The third-order valence-electron chi connectivity index (χ3n) is 2.42. The molecule has 1 aromatic heterocycles. The molecule has 1 saturated carbocycles. The Labute approximate surface area is 90.2 Å². The van der Waals surface area contributed by atoms with Crippen LogP contribution in [0, 0.1) is 5.92 Å². The fourth-order valence-corrected chi connectivity index (χ4v) is 1.38. The summed E-state index contributed by atoms with van der Waals surface area (Å²) in [6.07, 6.45) is 7.35. The number of aryl methyl sites for hydroxylation is 1. The van der Waals surface area contributed by atoms with E-state index in [1.54, 1.807) is 6.20 Å². The maximum absolute atomic E-state index is 5.41. The van der Waals surface area contributed by atoms with Crippen molar-refractivity contribution in [2.24, 2.45) is 5.92 Å². The van der Waals surface area contributed by atoms with Crippen molar-refractivity contribution in [1.82, 2.24) is 9.78 Å². The summed E-state index contributed by atoms with van der Waals surface area (Å²) in [5, 5.41) is 4.17. The summed E-state index contributed by atoms with van der Waals surface area (Å²) in [7, 11) is 0. The summed E-state index contributed by atoms with van der Waals surface area (Å²) in [5.74, 6) is 1.58. The molecular formula is C11H18N2O2. The molecule has 1 fully saturated rings. The van der Waals surface area contributed by atoms with Gasteiger partial charge in [0.15, 0.2) is 12.5 Å². The zero-order chi connectivity index (χ0) is 10.5. The van der Waals surface area contributed by atoms with E-state index in [0.717, 1.165) is 31.2 Å². The van der Waals surface area contributed by atoms with Gasteiger partial charge in [0.2, 0.25) is 0 Å². The standard InChI is InChI=1S/C11H18N2O2/c1-2-5-13-7-11(6-12-13)15-9-14-8-10-3-4-10/h6-7,10H,2-5,8-9H2,1H3. The van der Waals surface area contributed by atoms with Gasteiger partial charge in [-0.3, -0.25) is 4.68 Å². The van der Waals surface area contributed by atoms with Crippen molar-refractivity contribution in [2.75, 3.05) is 13.4 Å². The molecule has 1 aliphatic rings. The van der Waals surface area contributed by atoms with E-state index >= 15 is 0 Å². The minimum atomic E-state index is 0.342. The van der Waals surface area contributed by atoms with Gasteiger partial charge in [0.25, 0.3) is 0 Å². The van der Waals surface area contributed by atoms with Gasteiger partial charge >= 0.3 is 0 Å². The predicted octanol–water partition coefficient (Wildman–Crippen LogP) is 2.06. The van der Waals surface area contributed by atoms with E-state index in [9.17, 15) is 0 Å². The molecule has 0 spiro atoms. The molecule has 84 valence electrons. The molecule has 1 heterocycles. The zero-order valence-electron chi connectivity index (χ0n) is 9.19. The summed E-state index contributed by atoms with van der Waals surface area (Å²) in [6.45, 7) is 4.24. The van der Waals surface area contributed by atoms with E-state index in [0.29, 0.717) is 6.79 Å². The number of hydrogen-bond acceptors (Lipinski definition) is 3. The van der Waals surface area contributed by atoms with Gasteiger partial charge in [-0.2, -0.15) is 5.10 Å². The van der Waals surface area contributed by atoms with E-state index in [2.05, 4.69) is 12.0 Å². The van der Waals surface area contributed by atoms with Crippen LogP contribution in [0.2, 0.25) is 0 Å². The Morgan fingerprint density at radius 1 is 1.53 bits per heavy atom. The Balaban J connectivity index is 1.63. The van der Waals surface area contributed by atoms with Crippen LogP contribution in [-0.2, 0) is 11.3 Å². The monoisotopic (exact) mass is 210 g/mol. The van der Waals surface area contributed by atoms with Crippen LogP contribution in [0.1, 0.15) is 26.2 Å². The van der Waals surface area contributed by atoms with Crippen LogP contribution in [0.3, 0.4) is 0 Å². The first-order valence-electron chi connectivity index (χ1n) is 5.61. The van der Waals surface area contributed by atoms with Gasteiger partial charge in [-0.05, 0) is 25.2 Å². The van der Waals surface area contributed by atoms with Crippen LogP contribution in [0.15, 0.2) is 12.4 Å². The Bertz CT molecular complexity index is 295. The summed E-state index contributed by atoms with van der Waals surface area (Å²) in [4.78, 5) is 0. The largest absolute Gasteiger partial charge is 0.464 e. The van der Waals surface area contributed by atoms with Crippen molar-refractivity contribution in [3.63, 3.8) is 0 Å². The molecule has 4 heteroatoms. The predicted molar refractivity (Wildman–Crippen MR) is 56.7 cm³/mol. The number of rotatable bonds is 7. The summed E-state index contributed by atoms with van der Waals surface area (Å²) < 4.78 is 12.7. The van der Waals surface area contributed by atoms with Gasteiger partial charge < -0.3 is 9.47 Å². The fraction of sp³-hybridized carbons (Fsp3) is 0.727. The van der Waals surface area contributed by atoms with E-state index in [-0.39, 0.29) is 0 Å². The van der Waals surface area contributed by atoms with Crippen molar-refractivity contribution < 1.29 is 9.47 Å². The van der Waals surface area contributed by atoms with E-state index in [4.69, 9.17) is 9.47 Å². The van der Waals surface area contributed by atoms with Gasteiger partial charge in [-0.25, -0.2) is 0 Å². The number of nitrogens with zero attached hydrogens (tertiary/aromatic N) is 2. The van der Waals surface area contributed by atoms with Crippen molar-refractivity contribution in [3.8, 4) is 5.75 Å². The fourth-order valence-electron chi connectivity index (χ4n) is 1.38. The Hall–Kier alpha value is -1.03. The average molecular weight is 210 g/mol. The summed E-state index contributed by atoms with van der Waals surface area (Å²) in [5.41, 5.74) is 0. The van der Waals surface area contributed by atoms with Gasteiger partial charge in [-0.1, -0.05) is 6.92 Å². The van der Waals surface area contributed by atoms with E-state index < -0.39 is 0 Å². The first-order valence-corrected chi connectivity index (χ1v) is 5.61. The second kappa shape index (κ2) is 5.16. The maximum Gasteiger partial charge on any atom is 0.189 e. The molecule has 1 aromatic rings. The van der Waals surface area contributed by atoms with Crippen LogP contribution < -0.4 is 4.74 Å². The van der Waals surface area contributed by atoms with Crippen LogP contribution in [0.4, 0.5) is 0 Å². The lowest BCUT2D eigenvalue weighted by molar-refractivity contribution is 0.00993. The van der Waals surface area contributed by atoms with Crippen LogP contribution in [-0.4, -0.2) is 23.2 Å². The number of aromatic nitrogens is 2. The van der Waals surface area contributed by atoms with Gasteiger partial charge in [0.1, 0.15) is 0 Å². The topological polar surface area (TPSA) is 36.3 Å². The summed E-state index contributed by atoms with van der Waals surface area (Å²) in [6, 6.07) is 0. The lowest BCUT2D eigenvalue weighted by Gasteiger charge is -2.03. The normalized spacial score (nSPS) is 15.5. The second-order valence-electron chi connectivity index (χ2n) is 4.02. The molecular weight excluding hydrogens is 192 g/mol. The van der Waals surface area contributed by atoms with Crippen LogP contribution >= 0.6 is 0 Å². The highest BCUT2D eigenvalue weighted by Crippen LogP contribution is 2.28. The molecule has 0 aromatic carbocycles. The summed E-state index contributed by atoms with van der Waals surface area (Å²) >= 11 is 0. The van der Waals surface area contributed by atoms with Crippen molar-refractivity contribution in [2.45, 2.75) is 32.7 Å². The smallest absolute Gasteiger partial charge is 0.189 e. The molecule has 0 N–H and O–H groups in total. The molecule has 0 unspecified atom stereocenters. The van der Waals surface area contributed by atoms with Gasteiger partial charge in [0.05, 0.1) is 19.0 Å². The minimum Gasteiger partial charge on any atom is -0.464 e. The SMILES string of the molecule is CCCn1cc(OCOCC2CC2)cn1. The van der Waals surface area contributed by atoms with E-state index in [1.165, 1.54) is 12.8 Å². The molecule has 0 bridgehead atoms. The minimum absolute atomic E-state index is 0.342. The van der Waals surface area contributed by atoms with Crippen LogP contribution in [0.5, 0.6) is 5.75 Å². The average Bonchev–Trinajstić information content (AvgIpc) is 2.95. The lowest BCUT2D eigenvalue weighted by atomic mass is 10.5. The molecule has 4 nitrogen and oxygen atoms in total. The van der Waals surface area contributed by atoms with Gasteiger partial charge in [0, 0.05) is 6.54 Å². The Morgan fingerprint density at radius 2 is 2.40 bits per heavy atom. The second-order valence-corrected chi connectivity index (χ2v) is 4.02. The lowest BCUT2D eigenvalue weighted by Crippen LogP contribution is -2.04. The first-order chi connectivity index (χ1) is 7.38. The number of hydrogen-bond donors (Lipinski definition) is 0. The quantitative estimate of drug-likeness (QED) is 0.510. The molecule has 2 rings (SSSR count). The highest BCUT2D eigenvalue weighted by molar-refractivity contribution is 5.11. The zero-order valence-corrected chi connectivity index (χ0v) is 9.19. The first kappa shape index (κ1) is 10.5. The van der Waals surface area contributed by atoms with E-state index in [1.807, 2.05) is 10.9 Å². The molecule has 0 amide bonds. The van der Waals surface area contributed by atoms with Gasteiger partial charge in [-0.15, -0.1) is 0 Å². The van der Waals surface area contributed by atoms with Crippen molar-refractivity contribution in [3.05, 3.63) is 12.4 Å². The molecule has 0 radical (unpaired) electrons. The Kier molecular flexibility index (Phi) is 3.61. The molecule has 0 aliphatic heterocycles. The molecule has 1 aliphatic carbocycles. The van der Waals surface area contributed by atoms with Crippen LogP contribution in [0.25, 0.3) is 0 Å². The molecule has 0 saturated heterocycles. The number of ether oxygens (including phenoxy) is 2. The maximum atomic E-state index is 5.41. The third kappa shape index (κ3) is 3.55. The van der Waals surface area contributed by atoms with Crippen molar-refractivity contribution in [1.29, 1.82) is 0 Å². The highest BCUT2D eigenvalue weighted by Gasteiger charge is 2.21.